The van der Waals surface area contributed by atoms with Gasteiger partial charge in [-0.05, 0) is 81.6 Å². The van der Waals surface area contributed by atoms with Crippen molar-refractivity contribution in [1.29, 1.82) is 0 Å². The maximum atomic E-state index is 12.8. The van der Waals surface area contributed by atoms with Crippen molar-refractivity contribution in [2.75, 3.05) is 25.5 Å². The van der Waals surface area contributed by atoms with Gasteiger partial charge in [0.15, 0.2) is 0 Å². The molecule has 7 nitrogen and oxygen atoms in total. The molecule has 32 heavy (non-hydrogen) atoms. The molecule has 2 aromatic rings. The predicted octanol–water partition coefficient (Wildman–Crippen LogP) is 3.87. The summed E-state index contributed by atoms with van der Waals surface area (Å²) in [5.41, 5.74) is 1.97. The third-order valence-electron chi connectivity index (χ3n) is 5.62. The van der Waals surface area contributed by atoms with E-state index in [4.69, 9.17) is 4.74 Å². The maximum absolute atomic E-state index is 12.8. The molecule has 174 valence electrons. The van der Waals surface area contributed by atoms with E-state index >= 15 is 0 Å². The van der Waals surface area contributed by atoms with Crippen molar-refractivity contribution in [3.05, 3.63) is 53.6 Å². The van der Waals surface area contributed by atoms with Gasteiger partial charge in [-0.15, -0.1) is 0 Å². The van der Waals surface area contributed by atoms with E-state index in [9.17, 15) is 13.2 Å². The van der Waals surface area contributed by atoms with E-state index in [0.29, 0.717) is 17.0 Å². The number of hydrogen-bond donors (Lipinski definition) is 2. The summed E-state index contributed by atoms with van der Waals surface area (Å²) < 4.78 is 32.8. The van der Waals surface area contributed by atoms with Crippen molar-refractivity contribution in [3.63, 3.8) is 0 Å². The number of ether oxygens (including phenoxy) is 1. The summed E-state index contributed by atoms with van der Waals surface area (Å²) in [5, 5.41) is 2.78. The minimum absolute atomic E-state index is 0.0634. The molecule has 1 aliphatic rings. The summed E-state index contributed by atoms with van der Waals surface area (Å²) in [7, 11) is -2.22. The average molecular weight is 460 g/mol. The van der Waals surface area contributed by atoms with E-state index in [2.05, 4.69) is 21.9 Å². The Labute approximate surface area is 191 Å². The van der Waals surface area contributed by atoms with Gasteiger partial charge in [-0.3, -0.25) is 9.69 Å². The molecule has 2 aromatic carbocycles. The minimum Gasteiger partial charge on any atom is -0.495 e. The molecule has 3 rings (SSSR count). The number of anilines is 1. The topological polar surface area (TPSA) is 87.7 Å². The Balaban J connectivity index is 1.71. The fourth-order valence-electron chi connectivity index (χ4n) is 3.76. The lowest BCUT2D eigenvalue weighted by atomic mass is 9.99. The third-order valence-corrected chi connectivity index (χ3v) is 7.28. The molecule has 1 heterocycles. The number of methoxy groups -OCH3 is 1. The first kappa shape index (κ1) is 24.2. The normalized spacial score (nSPS) is 15.7. The molecule has 0 aromatic heterocycles. The largest absolute Gasteiger partial charge is 0.495 e. The number of rotatable bonds is 8. The van der Waals surface area contributed by atoms with Crippen molar-refractivity contribution in [1.82, 2.24) is 9.62 Å². The highest BCUT2D eigenvalue weighted by atomic mass is 32.2. The molecule has 0 atom stereocenters. The lowest BCUT2D eigenvalue weighted by molar-refractivity contribution is 0.102. The van der Waals surface area contributed by atoms with Crippen LogP contribution in [0.15, 0.2) is 47.4 Å². The van der Waals surface area contributed by atoms with Gasteiger partial charge in [0, 0.05) is 18.2 Å². The molecule has 0 spiro atoms. The van der Waals surface area contributed by atoms with Crippen molar-refractivity contribution < 1.29 is 17.9 Å². The van der Waals surface area contributed by atoms with Crippen LogP contribution in [0.5, 0.6) is 5.75 Å². The van der Waals surface area contributed by atoms with Crippen LogP contribution in [0.25, 0.3) is 0 Å². The van der Waals surface area contributed by atoms with Crippen molar-refractivity contribution >= 4 is 21.6 Å². The first-order valence-electron chi connectivity index (χ1n) is 11.0. The molecule has 1 fully saturated rings. The lowest BCUT2D eigenvalue weighted by Gasteiger charge is -2.30. The van der Waals surface area contributed by atoms with Crippen LogP contribution in [0.3, 0.4) is 0 Å². The van der Waals surface area contributed by atoms with Crippen LogP contribution in [0.2, 0.25) is 0 Å². The first-order valence-corrected chi connectivity index (χ1v) is 12.5. The van der Waals surface area contributed by atoms with E-state index in [1.807, 2.05) is 12.1 Å². The zero-order chi connectivity index (χ0) is 23.3. The van der Waals surface area contributed by atoms with Crippen LogP contribution in [0.4, 0.5) is 5.69 Å². The van der Waals surface area contributed by atoms with Gasteiger partial charge in [0.1, 0.15) is 5.75 Å². The zero-order valence-electron chi connectivity index (χ0n) is 19.2. The average Bonchev–Trinajstić information content (AvgIpc) is 2.75. The SMILES string of the molecule is COc1ccc(S(=O)(=O)NC(C)C)cc1NC(=O)c1ccc(CN2CCC(C)CC2)cc1. The van der Waals surface area contributed by atoms with Gasteiger partial charge >= 0.3 is 0 Å². The van der Waals surface area contributed by atoms with Crippen molar-refractivity contribution in [2.24, 2.45) is 5.92 Å². The van der Waals surface area contributed by atoms with Gasteiger partial charge in [-0.25, -0.2) is 13.1 Å². The Kier molecular flexibility index (Phi) is 7.92. The Bertz CT molecular complexity index is 1030. The smallest absolute Gasteiger partial charge is 0.255 e. The van der Waals surface area contributed by atoms with E-state index in [1.54, 1.807) is 26.0 Å². The van der Waals surface area contributed by atoms with Crippen LogP contribution in [0, 0.1) is 5.92 Å². The highest BCUT2D eigenvalue weighted by Gasteiger charge is 2.19. The molecule has 1 aliphatic heterocycles. The monoisotopic (exact) mass is 459 g/mol. The molecular formula is C24H33N3O4S. The number of amides is 1. The van der Waals surface area contributed by atoms with Gasteiger partial charge in [-0.1, -0.05) is 19.1 Å². The van der Waals surface area contributed by atoms with Crippen LogP contribution in [0.1, 0.15) is 49.5 Å². The summed E-state index contributed by atoms with van der Waals surface area (Å²) >= 11 is 0. The number of nitrogens with zero attached hydrogens (tertiary/aromatic N) is 1. The molecule has 0 unspecified atom stereocenters. The highest BCUT2D eigenvalue weighted by molar-refractivity contribution is 7.89. The van der Waals surface area contributed by atoms with Gasteiger partial charge in [-0.2, -0.15) is 0 Å². The molecule has 0 saturated carbocycles. The fourth-order valence-corrected chi connectivity index (χ4v) is 5.04. The number of likely N-dealkylation sites (tertiary alicyclic amines) is 1. The summed E-state index contributed by atoms with van der Waals surface area (Å²) in [5.74, 6) is 0.856. The predicted molar refractivity (Wildman–Crippen MR) is 127 cm³/mol. The van der Waals surface area contributed by atoms with Crippen molar-refractivity contribution in [2.45, 2.75) is 51.1 Å². The second kappa shape index (κ2) is 10.5. The molecule has 1 amide bonds. The Hall–Kier alpha value is -2.42. The van der Waals surface area contributed by atoms with E-state index in [-0.39, 0.29) is 16.8 Å². The van der Waals surface area contributed by atoms with Gasteiger partial charge in [0.05, 0.1) is 17.7 Å². The Morgan fingerprint density at radius 3 is 2.38 bits per heavy atom. The number of piperidine rings is 1. The van der Waals surface area contributed by atoms with Crippen LogP contribution in [-0.2, 0) is 16.6 Å². The van der Waals surface area contributed by atoms with E-state index < -0.39 is 10.0 Å². The number of carbonyl (C=O) groups excluding carboxylic acids is 1. The number of carbonyl (C=O) groups is 1. The molecule has 2 N–H and O–H groups in total. The standard InChI is InChI=1S/C24H33N3O4S/c1-17(2)26-32(29,30)21-9-10-23(31-4)22(15-21)25-24(28)20-7-5-19(6-8-20)16-27-13-11-18(3)12-14-27/h5-10,15,17-18,26H,11-14,16H2,1-4H3,(H,25,28). The Morgan fingerprint density at radius 2 is 1.78 bits per heavy atom. The molecule has 0 radical (unpaired) electrons. The van der Waals surface area contributed by atoms with Crippen LogP contribution < -0.4 is 14.8 Å². The summed E-state index contributed by atoms with van der Waals surface area (Å²) in [4.78, 5) is 15.3. The minimum atomic E-state index is -3.69. The molecule has 1 saturated heterocycles. The molecule has 8 heteroatoms. The number of benzene rings is 2. The Morgan fingerprint density at radius 1 is 1.12 bits per heavy atom. The summed E-state index contributed by atoms with van der Waals surface area (Å²) in [6, 6.07) is 11.7. The second-order valence-electron chi connectivity index (χ2n) is 8.75. The molecule has 0 bridgehead atoms. The summed E-state index contributed by atoms with van der Waals surface area (Å²) in [6.45, 7) is 8.89. The first-order chi connectivity index (χ1) is 15.2. The number of sulfonamides is 1. The van der Waals surface area contributed by atoms with Crippen LogP contribution in [-0.4, -0.2) is 45.5 Å². The maximum Gasteiger partial charge on any atom is 0.255 e. The number of hydrogen-bond acceptors (Lipinski definition) is 5. The van der Waals surface area contributed by atoms with Crippen LogP contribution >= 0.6 is 0 Å². The summed E-state index contributed by atoms with van der Waals surface area (Å²) in [6.07, 6.45) is 2.45. The van der Waals surface area contributed by atoms with E-state index in [0.717, 1.165) is 25.6 Å². The molecule has 0 aliphatic carbocycles. The van der Waals surface area contributed by atoms with Crippen molar-refractivity contribution in [3.8, 4) is 5.75 Å². The second-order valence-corrected chi connectivity index (χ2v) is 10.5. The fraction of sp³-hybridized carbons (Fsp3) is 0.458. The van der Waals surface area contributed by atoms with Gasteiger partial charge < -0.3 is 10.1 Å². The number of nitrogens with one attached hydrogen (secondary N) is 2. The third kappa shape index (κ3) is 6.31. The highest BCUT2D eigenvalue weighted by Crippen LogP contribution is 2.28. The van der Waals surface area contributed by atoms with Gasteiger partial charge in [0.25, 0.3) is 5.91 Å². The quantitative estimate of drug-likeness (QED) is 0.626. The van der Waals surface area contributed by atoms with Gasteiger partial charge in [0.2, 0.25) is 10.0 Å². The molecular weight excluding hydrogens is 426 g/mol. The van der Waals surface area contributed by atoms with E-state index in [1.165, 1.54) is 43.7 Å². The lowest BCUT2D eigenvalue weighted by Crippen LogP contribution is -2.32. The zero-order valence-corrected chi connectivity index (χ0v) is 20.0.